The molecule has 0 heterocycles. The highest BCUT2D eigenvalue weighted by Gasteiger charge is 2.36. The van der Waals surface area contributed by atoms with Gasteiger partial charge in [0.25, 0.3) is 0 Å². The van der Waals surface area contributed by atoms with Gasteiger partial charge in [-0.2, -0.15) is 0 Å². The summed E-state index contributed by atoms with van der Waals surface area (Å²) in [7, 11) is -2.19. The lowest BCUT2D eigenvalue weighted by Gasteiger charge is -2.30. The highest BCUT2D eigenvalue weighted by atomic mass is 28.4. The van der Waals surface area contributed by atoms with Gasteiger partial charge in [0.05, 0.1) is 0 Å². The lowest BCUT2D eigenvalue weighted by molar-refractivity contribution is 0.231. The Balaban J connectivity index is 1.84. The smallest absolute Gasteiger partial charge is 0.398 e. The lowest BCUT2D eigenvalue weighted by atomic mass is 10.1. The molecule has 0 spiro atoms. The molecule has 0 atom stereocenters. The summed E-state index contributed by atoms with van der Waals surface area (Å²) in [5, 5.41) is 2.42. The van der Waals surface area contributed by atoms with Crippen LogP contribution in [0.25, 0.3) is 10.8 Å². The molecule has 0 aliphatic heterocycles. The largest absolute Gasteiger partial charge is 0.520 e. The molecule has 0 saturated carbocycles. The van der Waals surface area contributed by atoms with Crippen LogP contribution < -0.4 is 4.43 Å². The van der Waals surface area contributed by atoms with Gasteiger partial charge in [0, 0.05) is 12.0 Å². The molecule has 0 aliphatic carbocycles. The lowest BCUT2D eigenvalue weighted by Crippen LogP contribution is -2.44. The van der Waals surface area contributed by atoms with Crippen molar-refractivity contribution in [3.05, 3.63) is 42.5 Å². The molecule has 0 saturated heterocycles. The first-order chi connectivity index (χ1) is 13.2. The van der Waals surface area contributed by atoms with E-state index in [2.05, 4.69) is 63.2 Å². The Bertz CT molecular complexity index is 646. The van der Waals surface area contributed by atoms with E-state index in [1.54, 1.807) is 0 Å². The first kappa shape index (κ1) is 22.0. The number of hydrogen-bond donors (Lipinski definition) is 0. The SMILES string of the molecule is CCCCCCCCCCO[Si](CC)(CC)Oc1cccc2ccccc12. The quantitative estimate of drug-likeness (QED) is 0.243. The summed E-state index contributed by atoms with van der Waals surface area (Å²) < 4.78 is 13.0. The average molecular weight is 387 g/mol. The zero-order valence-electron chi connectivity index (χ0n) is 17.6. The number of unbranched alkanes of at least 4 members (excludes halogenated alkanes) is 7. The van der Waals surface area contributed by atoms with Crippen LogP contribution in [0.1, 0.15) is 72.1 Å². The van der Waals surface area contributed by atoms with Gasteiger partial charge in [0.15, 0.2) is 0 Å². The summed E-state index contributed by atoms with van der Waals surface area (Å²) in [6.07, 6.45) is 10.6. The first-order valence-electron chi connectivity index (χ1n) is 11.1. The molecule has 0 unspecified atom stereocenters. The van der Waals surface area contributed by atoms with E-state index in [0.29, 0.717) is 0 Å². The third kappa shape index (κ3) is 6.97. The molecule has 0 bridgehead atoms. The maximum Gasteiger partial charge on any atom is 0.398 e. The molecule has 2 rings (SSSR count). The van der Waals surface area contributed by atoms with Gasteiger partial charge in [0.2, 0.25) is 0 Å². The summed E-state index contributed by atoms with van der Waals surface area (Å²) >= 11 is 0. The molecule has 27 heavy (non-hydrogen) atoms. The van der Waals surface area contributed by atoms with Gasteiger partial charge >= 0.3 is 8.56 Å². The van der Waals surface area contributed by atoms with Crippen LogP contribution in [0.5, 0.6) is 5.75 Å². The van der Waals surface area contributed by atoms with Gasteiger partial charge in [0.1, 0.15) is 5.75 Å². The minimum absolute atomic E-state index is 0.841. The fraction of sp³-hybridized carbons (Fsp3) is 0.583. The topological polar surface area (TPSA) is 18.5 Å². The van der Waals surface area contributed by atoms with Crippen molar-refractivity contribution in [2.45, 2.75) is 84.2 Å². The molecule has 0 amide bonds. The molecular formula is C24H38O2Si. The Morgan fingerprint density at radius 2 is 1.33 bits per heavy atom. The van der Waals surface area contributed by atoms with E-state index in [4.69, 9.17) is 8.85 Å². The molecule has 3 heteroatoms. The molecule has 0 aliphatic rings. The fourth-order valence-corrected chi connectivity index (χ4v) is 5.96. The number of rotatable bonds is 14. The van der Waals surface area contributed by atoms with Gasteiger partial charge in [-0.3, -0.25) is 0 Å². The number of hydrogen-bond acceptors (Lipinski definition) is 2. The predicted octanol–water partition coefficient (Wildman–Crippen LogP) is 7.86. The van der Waals surface area contributed by atoms with Crippen molar-refractivity contribution < 1.29 is 8.85 Å². The van der Waals surface area contributed by atoms with E-state index in [1.165, 1.54) is 55.7 Å². The maximum atomic E-state index is 6.60. The van der Waals surface area contributed by atoms with Crippen LogP contribution in [0.15, 0.2) is 42.5 Å². The monoisotopic (exact) mass is 386 g/mol. The zero-order chi connectivity index (χ0) is 19.4. The van der Waals surface area contributed by atoms with Crippen molar-refractivity contribution in [3.8, 4) is 5.75 Å². The molecule has 0 radical (unpaired) electrons. The first-order valence-corrected chi connectivity index (χ1v) is 13.3. The standard InChI is InChI=1S/C24H38O2Si/c1-4-7-8-9-10-11-12-15-21-25-27(5-2,6-3)26-24-20-16-18-22-17-13-14-19-23(22)24/h13-14,16-20H,4-12,15,21H2,1-3H3. The third-order valence-corrected chi connectivity index (χ3v) is 8.96. The Kier molecular flexibility index (Phi) is 9.93. The highest BCUT2D eigenvalue weighted by Crippen LogP contribution is 2.30. The van der Waals surface area contributed by atoms with Crippen molar-refractivity contribution in [2.24, 2.45) is 0 Å². The molecular weight excluding hydrogens is 348 g/mol. The second-order valence-electron chi connectivity index (χ2n) is 7.52. The third-order valence-electron chi connectivity index (χ3n) is 5.49. The summed E-state index contributed by atoms with van der Waals surface area (Å²) in [4.78, 5) is 0. The molecule has 0 N–H and O–H groups in total. The molecule has 0 aromatic heterocycles. The second-order valence-corrected chi connectivity index (χ2v) is 11.2. The highest BCUT2D eigenvalue weighted by molar-refractivity contribution is 6.68. The van der Waals surface area contributed by atoms with Gasteiger partial charge < -0.3 is 8.85 Å². The van der Waals surface area contributed by atoms with E-state index in [0.717, 1.165) is 30.9 Å². The van der Waals surface area contributed by atoms with Crippen LogP contribution in [0.4, 0.5) is 0 Å². The molecule has 2 aromatic carbocycles. The van der Waals surface area contributed by atoms with Crippen LogP contribution in [-0.4, -0.2) is 15.2 Å². The van der Waals surface area contributed by atoms with Gasteiger partial charge in [-0.1, -0.05) is 102 Å². The number of benzene rings is 2. The summed E-state index contributed by atoms with van der Waals surface area (Å²) in [6.45, 7) is 7.55. The van der Waals surface area contributed by atoms with E-state index >= 15 is 0 Å². The van der Waals surface area contributed by atoms with E-state index in [-0.39, 0.29) is 0 Å². The second kappa shape index (κ2) is 12.2. The zero-order valence-corrected chi connectivity index (χ0v) is 18.6. The Hall–Kier alpha value is -1.32. The molecule has 2 nitrogen and oxygen atoms in total. The Morgan fingerprint density at radius 1 is 0.704 bits per heavy atom. The van der Waals surface area contributed by atoms with Crippen molar-refractivity contribution in [1.82, 2.24) is 0 Å². The predicted molar refractivity (Wildman–Crippen MR) is 120 cm³/mol. The van der Waals surface area contributed by atoms with E-state index in [9.17, 15) is 0 Å². The van der Waals surface area contributed by atoms with Crippen LogP contribution >= 0.6 is 0 Å². The fourth-order valence-electron chi connectivity index (χ4n) is 3.61. The maximum absolute atomic E-state index is 6.60. The number of fused-ring (bicyclic) bond motifs is 1. The average Bonchev–Trinajstić information content (AvgIpc) is 2.72. The summed E-state index contributed by atoms with van der Waals surface area (Å²) in [6, 6.07) is 16.7. The summed E-state index contributed by atoms with van der Waals surface area (Å²) in [5.74, 6) is 0.986. The van der Waals surface area contributed by atoms with Gasteiger partial charge in [-0.25, -0.2) is 0 Å². The Morgan fingerprint density at radius 3 is 2.04 bits per heavy atom. The molecule has 2 aromatic rings. The molecule has 150 valence electrons. The van der Waals surface area contributed by atoms with E-state index < -0.39 is 8.56 Å². The normalized spacial score (nSPS) is 11.8. The minimum atomic E-state index is -2.19. The van der Waals surface area contributed by atoms with Crippen LogP contribution in [0.3, 0.4) is 0 Å². The molecule has 0 fully saturated rings. The van der Waals surface area contributed by atoms with Crippen molar-refractivity contribution >= 4 is 19.3 Å². The van der Waals surface area contributed by atoms with Gasteiger partial charge in [-0.05, 0) is 30.0 Å². The van der Waals surface area contributed by atoms with Crippen molar-refractivity contribution in [2.75, 3.05) is 6.61 Å². The summed E-state index contributed by atoms with van der Waals surface area (Å²) in [5.41, 5.74) is 0. The minimum Gasteiger partial charge on any atom is -0.520 e. The van der Waals surface area contributed by atoms with Crippen molar-refractivity contribution in [1.29, 1.82) is 0 Å². The van der Waals surface area contributed by atoms with E-state index in [1.807, 2.05) is 0 Å². The van der Waals surface area contributed by atoms with Crippen LogP contribution in [0, 0.1) is 0 Å². The van der Waals surface area contributed by atoms with Crippen LogP contribution in [-0.2, 0) is 4.43 Å². The van der Waals surface area contributed by atoms with Crippen molar-refractivity contribution in [3.63, 3.8) is 0 Å². The van der Waals surface area contributed by atoms with Crippen LogP contribution in [0.2, 0.25) is 12.1 Å². The van der Waals surface area contributed by atoms with Gasteiger partial charge in [-0.15, -0.1) is 0 Å². The Labute approximate surface area is 167 Å².